The molecule has 2 aromatic carbocycles. The van der Waals surface area contributed by atoms with E-state index in [9.17, 15) is 13.2 Å². The van der Waals surface area contributed by atoms with Crippen molar-refractivity contribution in [2.24, 2.45) is 10.5 Å². The first kappa shape index (κ1) is 23.6. The predicted octanol–water partition coefficient (Wildman–Crippen LogP) is 4.35. The zero-order valence-corrected chi connectivity index (χ0v) is 19.6. The van der Waals surface area contributed by atoms with E-state index in [4.69, 9.17) is 0 Å². The van der Waals surface area contributed by atoms with E-state index >= 15 is 0 Å². The molecule has 0 aliphatic rings. The van der Waals surface area contributed by atoms with Crippen LogP contribution in [0.2, 0.25) is 0 Å². The SMILES string of the molecule is C/C(=N/NC(=O)CN(c1cc(C)ccc1C)S(=O)(=O)c1ccc(C)cc1)C(C)(C)C. The average Bonchev–Trinajstić information content (AvgIpc) is 2.65. The van der Waals surface area contributed by atoms with E-state index in [0.717, 1.165) is 26.7 Å². The highest BCUT2D eigenvalue weighted by atomic mass is 32.2. The summed E-state index contributed by atoms with van der Waals surface area (Å²) in [6.45, 7) is 13.0. The summed E-state index contributed by atoms with van der Waals surface area (Å²) in [6.07, 6.45) is 0. The molecule has 1 amide bonds. The largest absolute Gasteiger partial charge is 0.271 e. The molecule has 0 aliphatic heterocycles. The molecule has 0 fully saturated rings. The van der Waals surface area contributed by atoms with E-state index < -0.39 is 15.9 Å². The maximum absolute atomic E-state index is 13.5. The maximum Gasteiger partial charge on any atom is 0.264 e. The highest BCUT2D eigenvalue weighted by Crippen LogP contribution is 2.28. The molecule has 0 radical (unpaired) electrons. The van der Waals surface area contributed by atoms with Crippen LogP contribution >= 0.6 is 0 Å². The number of rotatable bonds is 6. The third kappa shape index (κ3) is 5.69. The first-order valence-electron chi connectivity index (χ1n) is 9.82. The van der Waals surface area contributed by atoms with Gasteiger partial charge >= 0.3 is 0 Å². The summed E-state index contributed by atoms with van der Waals surface area (Å²) in [6, 6.07) is 12.1. The standard InChI is InChI=1S/C23H31N3O3S/c1-16-9-12-20(13-10-16)30(28,29)26(21-14-17(2)8-11-18(21)3)15-22(27)25-24-19(4)23(5,6)7/h8-14H,15H2,1-7H3,(H,25,27)/b24-19-. The van der Waals surface area contributed by atoms with Crippen LogP contribution in [0.4, 0.5) is 5.69 Å². The van der Waals surface area contributed by atoms with Gasteiger partial charge in [0.05, 0.1) is 10.6 Å². The molecule has 30 heavy (non-hydrogen) atoms. The quantitative estimate of drug-likeness (QED) is 0.548. The Morgan fingerprint density at radius 1 is 1.00 bits per heavy atom. The van der Waals surface area contributed by atoms with E-state index in [1.165, 1.54) is 0 Å². The van der Waals surface area contributed by atoms with Crippen LogP contribution in [0.25, 0.3) is 0 Å². The molecule has 162 valence electrons. The van der Waals surface area contributed by atoms with E-state index in [1.807, 2.05) is 60.6 Å². The highest BCUT2D eigenvalue weighted by Gasteiger charge is 2.28. The Morgan fingerprint density at radius 2 is 1.57 bits per heavy atom. The van der Waals surface area contributed by atoms with E-state index in [1.54, 1.807) is 30.3 Å². The van der Waals surface area contributed by atoms with Crippen LogP contribution in [-0.4, -0.2) is 26.6 Å². The maximum atomic E-state index is 13.5. The molecule has 0 saturated carbocycles. The van der Waals surface area contributed by atoms with Crippen LogP contribution in [0, 0.1) is 26.2 Å². The molecular weight excluding hydrogens is 398 g/mol. The molecule has 1 N–H and O–H groups in total. The normalized spacial score (nSPS) is 12.6. The van der Waals surface area contributed by atoms with Crippen LogP contribution in [0.15, 0.2) is 52.5 Å². The lowest BCUT2D eigenvalue weighted by Crippen LogP contribution is -2.40. The predicted molar refractivity (Wildman–Crippen MR) is 122 cm³/mol. The van der Waals surface area contributed by atoms with Gasteiger partial charge < -0.3 is 0 Å². The van der Waals surface area contributed by atoms with Crippen molar-refractivity contribution in [1.29, 1.82) is 0 Å². The van der Waals surface area contributed by atoms with Gasteiger partial charge in [-0.15, -0.1) is 0 Å². The Bertz CT molecular complexity index is 1050. The van der Waals surface area contributed by atoms with Crippen molar-refractivity contribution in [3.8, 4) is 0 Å². The third-order valence-corrected chi connectivity index (χ3v) is 6.74. The molecule has 0 unspecified atom stereocenters. The van der Waals surface area contributed by atoms with Gasteiger partial charge in [0.1, 0.15) is 6.54 Å². The highest BCUT2D eigenvalue weighted by molar-refractivity contribution is 7.92. The molecule has 0 bridgehead atoms. The van der Waals surface area contributed by atoms with Crippen molar-refractivity contribution in [3.05, 3.63) is 59.2 Å². The number of hydrogen-bond acceptors (Lipinski definition) is 4. The van der Waals surface area contributed by atoms with Crippen LogP contribution in [0.3, 0.4) is 0 Å². The average molecular weight is 430 g/mol. The molecule has 0 saturated heterocycles. The van der Waals surface area contributed by atoms with Crippen molar-refractivity contribution in [1.82, 2.24) is 5.43 Å². The van der Waals surface area contributed by atoms with Crippen LogP contribution in [0.5, 0.6) is 0 Å². The minimum atomic E-state index is -3.95. The number of nitrogens with zero attached hydrogens (tertiary/aromatic N) is 2. The molecule has 0 aromatic heterocycles. The molecule has 2 aromatic rings. The Kier molecular flexibility index (Phi) is 7.08. The molecule has 0 atom stereocenters. The Labute approximate surface area is 180 Å². The third-order valence-electron chi connectivity index (χ3n) is 4.96. The van der Waals surface area contributed by atoms with Gasteiger partial charge in [0.25, 0.3) is 15.9 Å². The van der Waals surface area contributed by atoms with Gasteiger partial charge in [-0.2, -0.15) is 5.10 Å². The Balaban J connectivity index is 2.46. The lowest BCUT2D eigenvalue weighted by atomic mass is 9.91. The zero-order chi connectivity index (χ0) is 22.7. The second-order valence-corrected chi connectivity index (χ2v) is 10.5. The minimum Gasteiger partial charge on any atom is -0.271 e. The summed E-state index contributed by atoms with van der Waals surface area (Å²) in [5.41, 5.74) is 6.14. The van der Waals surface area contributed by atoms with Gasteiger partial charge in [-0.1, -0.05) is 50.6 Å². The number of benzene rings is 2. The number of carbonyl (C=O) groups is 1. The molecular formula is C23H31N3O3S. The van der Waals surface area contributed by atoms with Crippen molar-refractivity contribution in [2.45, 2.75) is 53.4 Å². The number of carbonyl (C=O) groups excluding carboxylic acids is 1. The molecule has 0 aliphatic carbocycles. The summed E-state index contributed by atoms with van der Waals surface area (Å²) in [7, 11) is -3.95. The summed E-state index contributed by atoms with van der Waals surface area (Å²) >= 11 is 0. The fraction of sp³-hybridized carbons (Fsp3) is 0.391. The van der Waals surface area contributed by atoms with Crippen molar-refractivity contribution < 1.29 is 13.2 Å². The molecule has 0 heterocycles. The smallest absolute Gasteiger partial charge is 0.264 e. The lowest BCUT2D eigenvalue weighted by Gasteiger charge is -2.26. The second-order valence-electron chi connectivity index (χ2n) is 8.60. The van der Waals surface area contributed by atoms with Crippen molar-refractivity contribution >= 4 is 27.3 Å². The van der Waals surface area contributed by atoms with E-state index in [0.29, 0.717) is 5.69 Å². The lowest BCUT2D eigenvalue weighted by molar-refractivity contribution is -0.119. The number of nitrogens with one attached hydrogen (secondary N) is 1. The number of anilines is 1. The van der Waals surface area contributed by atoms with Crippen LogP contribution in [0.1, 0.15) is 44.4 Å². The zero-order valence-electron chi connectivity index (χ0n) is 18.8. The van der Waals surface area contributed by atoms with E-state index in [2.05, 4.69) is 10.5 Å². The van der Waals surface area contributed by atoms with E-state index in [-0.39, 0.29) is 16.9 Å². The summed E-state index contributed by atoms with van der Waals surface area (Å²) in [4.78, 5) is 12.8. The van der Waals surface area contributed by atoms with Gasteiger partial charge in [-0.25, -0.2) is 13.8 Å². The van der Waals surface area contributed by atoms with Gasteiger partial charge in [0.2, 0.25) is 0 Å². The summed E-state index contributed by atoms with van der Waals surface area (Å²) in [5, 5.41) is 4.14. The summed E-state index contributed by atoms with van der Waals surface area (Å²) in [5.74, 6) is -0.504. The van der Waals surface area contributed by atoms with Gasteiger partial charge in [0.15, 0.2) is 0 Å². The molecule has 2 rings (SSSR count). The summed E-state index contributed by atoms with van der Waals surface area (Å²) < 4.78 is 28.1. The van der Waals surface area contributed by atoms with Gasteiger partial charge in [-0.05, 0) is 57.0 Å². The Morgan fingerprint density at radius 3 is 2.13 bits per heavy atom. The molecule has 6 nitrogen and oxygen atoms in total. The number of amides is 1. The fourth-order valence-electron chi connectivity index (χ4n) is 2.60. The number of aryl methyl sites for hydroxylation is 3. The first-order chi connectivity index (χ1) is 13.8. The van der Waals surface area contributed by atoms with Crippen LogP contribution in [-0.2, 0) is 14.8 Å². The Hall–Kier alpha value is -2.67. The monoisotopic (exact) mass is 429 g/mol. The first-order valence-corrected chi connectivity index (χ1v) is 11.3. The molecule has 0 spiro atoms. The van der Waals surface area contributed by atoms with Crippen molar-refractivity contribution in [2.75, 3.05) is 10.8 Å². The van der Waals surface area contributed by atoms with Gasteiger partial charge in [-0.3, -0.25) is 9.10 Å². The number of sulfonamides is 1. The number of hydrazone groups is 1. The number of hydrogen-bond donors (Lipinski definition) is 1. The van der Waals surface area contributed by atoms with Crippen molar-refractivity contribution in [3.63, 3.8) is 0 Å². The second kappa shape index (κ2) is 9.00. The molecule has 7 heteroatoms. The minimum absolute atomic E-state index is 0.135. The van der Waals surface area contributed by atoms with Crippen LogP contribution < -0.4 is 9.73 Å². The fourth-order valence-corrected chi connectivity index (χ4v) is 4.08. The van der Waals surface area contributed by atoms with Gasteiger partial charge in [0, 0.05) is 11.1 Å². The topological polar surface area (TPSA) is 78.8 Å².